The number of carbonyl (C=O) groups is 1. The molecule has 5 heteroatoms. The largest absolute Gasteiger partial charge is 0.324 e. The Hall–Kier alpha value is -2.30. The van der Waals surface area contributed by atoms with E-state index in [1.807, 2.05) is 26.8 Å². The number of nitrogens with zero attached hydrogens (tertiary/aromatic N) is 1. The molecule has 1 aromatic heterocycles. The third kappa shape index (κ3) is 3.87. The van der Waals surface area contributed by atoms with E-state index in [0.717, 1.165) is 29.1 Å². The van der Waals surface area contributed by atoms with E-state index in [0.29, 0.717) is 17.7 Å². The van der Waals surface area contributed by atoms with Gasteiger partial charge in [0.15, 0.2) is 11.6 Å². The Morgan fingerprint density at radius 2 is 1.86 bits per heavy atom. The number of hydrogen-bond acceptors (Lipinski definition) is 2. The number of hydrogen-bond donors (Lipinski definition) is 1. The van der Waals surface area contributed by atoms with Gasteiger partial charge in [0.25, 0.3) is 0 Å². The number of amides is 1. The van der Waals surface area contributed by atoms with Crippen LogP contribution in [0, 0.1) is 32.4 Å². The Balaban J connectivity index is 2.00. The highest BCUT2D eigenvalue weighted by atomic mass is 19.2. The maximum atomic E-state index is 13.1. The molecule has 0 unspecified atom stereocenters. The van der Waals surface area contributed by atoms with Gasteiger partial charge >= 0.3 is 0 Å². The van der Waals surface area contributed by atoms with Gasteiger partial charge in [-0.3, -0.25) is 9.78 Å². The fraction of sp³-hybridized carbons (Fsp3) is 0.294. The maximum absolute atomic E-state index is 13.1. The summed E-state index contributed by atoms with van der Waals surface area (Å²) in [5, 5.41) is 2.83. The first-order valence-corrected chi connectivity index (χ1v) is 7.05. The zero-order valence-corrected chi connectivity index (χ0v) is 12.8. The van der Waals surface area contributed by atoms with Crippen LogP contribution in [0.15, 0.2) is 24.3 Å². The number of nitrogens with one attached hydrogen (secondary N) is 1. The van der Waals surface area contributed by atoms with Crippen LogP contribution < -0.4 is 5.32 Å². The molecule has 2 aromatic rings. The molecular weight excluding hydrogens is 286 g/mol. The highest BCUT2D eigenvalue weighted by Crippen LogP contribution is 2.19. The third-order valence-corrected chi connectivity index (χ3v) is 3.41. The summed E-state index contributed by atoms with van der Waals surface area (Å²) in [4.78, 5) is 16.3. The molecule has 1 amide bonds. The second kappa shape index (κ2) is 6.64. The van der Waals surface area contributed by atoms with Crippen molar-refractivity contribution in [2.45, 2.75) is 33.6 Å². The molecule has 0 aliphatic heterocycles. The topological polar surface area (TPSA) is 42.0 Å². The summed E-state index contributed by atoms with van der Waals surface area (Å²) in [6.07, 6.45) is 0.540. The lowest BCUT2D eigenvalue weighted by molar-refractivity contribution is -0.116. The van der Waals surface area contributed by atoms with Crippen molar-refractivity contribution in [2.24, 2.45) is 0 Å². The highest BCUT2D eigenvalue weighted by Gasteiger charge is 2.10. The summed E-state index contributed by atoms with van der Waals surface area (Å²) in [5.41, 5.74) is 3.91. The van der Waals surface area contributed by atoms with Crippen molar-refractivity contribution in [1.29, 1.82) is 0 Å². The van der Waals surface area contributed by atoms with Gasteiger partial charge in [-0.15, -0.1) is 0 Å². The molecule has 0 aliphatic rings. The van der Waals surface area contributed by atoms with Gasteiger partial charge in [0.2, 0.25) is 5.91 Å². The van der Waals surface area contributed by atoms with Gasteiger partial charge in [-0.25, -0.2) is 8.78 Å². The van der Waals surface area contributed by atoms with E-state index in [1.165, 1.54) is 6.07 Å². The summed E-state index contributed by atoms with van der Waals surface area (Å²) < 4.78 is 26.0. The highest BCUT2D eigenvalue weighted by molar-refractivity contribution is 5.92. The summed E-state index contributed by atoms with van der Waals surface area (Å²) >= 11 is 0. The summed E-state index contributed by atoms with van der Waals surface area (Å²) in [7, 11) is 0. The molecule has 116 valence electrons. The smallest absolute Gasteiger partial charge is 0.224 e. The molecule has 0 radical (unpaired) electrons. The second-order valence-electron chi connectivity index (χ2n) is 5.34. The number of aromatic nitrogens is 1. The monoisotopic (exact) mass is 304 g/mol. The van der Waals surface area contributed by atoms with Crippen LogP contribution >= 0.6 is 0 Å². The van der Waals surface area contributed by atoms with Gasteiger partial charge in [0.1, 0.15) is 0 Å². The van der Waals surface area contributed by atoms with Crippen LogP contribution in [0.1, 0.15) is 28.9 Å². The zero-order valence-electron chi connectivity index (χ0n) is 12.8. The van der Waals surface area contributed by atoms with E-state index in [1.54, 1.807) is 0 Å². The number of halogens is 2. The number of benzene rings is 1. The van der Waals surface area contributed by atoms with Crippen molar-refractivity contribution < 1.29 is 13.6 Å². The van der Waals surface area contributed by atoms with Gasteiger partial charge in [-0.1, -0.05) is 6.07 Å². The van der Waals surface area contributed by atoms with Gasteiger partial charge in [-0.05, 0) is 56.5 Å². The molecule has 0 saturated heterocycles. The second-order valence-corrected chi connectivity index (χ2v) is 5.34. The van der Waals surface area contributed by atoms with E-state index < -0.39 is 11.6 Å². The fourth-order valence-corrected chi connectivity index (χ4v) is 2.37. The van der Waals surface area contributed by atoms with Crippen LogP contribution in [0.2, 0.25) is 0 Å². The summed E-state index contributed by atoms with van der Waals surface area (Å²) in [6, 6.07) is 5.57. The molecule has 1 aromatic carbocycles. The van der Waals surface area contributed by atoms with Crippen LogP contribution in [-0.4, -0.2) is 10.9 Å². The first-order valence-electron chi connectivity index (χ1n) is 7.05. The average molecular weight is 304 g/mol. The zero-order chi connectivity index (χ0) is 16.3. The Bertz CT molecular complexity index is 691. The van der Waals surface area contributed by atoms with E-state index in [2.05, 4.69) is 10.3 Å². The van der Waals surface area contributed by atoms with Crippen molar-refractivity contribution in [3.8, 4) is 0 Å². The van der Waals surface area contributed by atoms with Crippen LogP contribution in [0.4, 0.5) is 14.5 Å². The Morgan fingerprint density at radius 1 is 1.14 bits per heavy atom. The molecule has 2 rings (SSSR count). The van der Waals surface area contributed by atoms with Crippen molar-refractivity contribution in [2.75, 3.05) is 5.32 Å². The molecule has 0 spiro atoms. The molecule has 0 saturated carbocycles. The van der Waals surface area contributed by atoms with Crippen LogP contribution in [-0.2, 0) is 11.2 Å². The molecule has 0 fully saturated rings. The molecule has 0 bridgehead atoms. The van der Waals surface area contributed by atoms with Crippen LogP contribution in [0.5, 0.6) is 0 Å². The summed E-state index contributed by atoms with van der Waals surface area (Å²) in [6.45, 7) is 5.65. The molecular formula is C17H18F2N2O. The molecule has 1 N–H and O–H groups in total. The van der Waals surface area contributed by atoms with Gasteiger partial charge in [0, 0.05) is 12.1 Å². The Labute approximate surface area is 128 Å². The lowest BCUT2D eigenvalue weighted by Gasteiger charge is -2.12. The molecule has 22 heavy (non-hydrogen) atoms. The number of rotatable bonds is 4. The standard InChI is InChI=1S/C17H18F2N2O/c1-10-8-11(2)20-12(3)17(10)21-16(22)7-5-13-4-6-14(18)15(19)9-13/h4,6,8-9H,5,7H2,1-3H3,(H,21,22). The number of aryl methyl sites for hydroxylation is 4. The number of pyridine rings is 1. The average Bonchev–Trinajstić information content (AvgIpc) is 2.44. The number of carbonyl (C=O) groups excluding carboxylic acids is 1. The van der Waals surface area contributed by atoms with Gasteiger partial charge in [0.05, 0.1) is 11.4 Å². The predicted octanol–water partition coefficient (Wildman–Crippen LogP) is 3.86. The van der Waals surface area contributed by atoms with Crippen molar-refractivity contribution in [3.63, 3.8) is 0 Å². The minimum absolute atomic E-state index is 0.179. The third-order valence-electron chi connectivity index (χ3n) is 3.41. The van der Waals surface area contributed by atoms with E-state index >= 15 is 0 Å². The Morgan fingerprint density at radius 3 is 2.50 bits per heavy atom. The van der Waals surface area contributed by atoms with Crippen molar-refractivity contribution in [3.05, 3.63) is 58.4 Å². The lowest BCUT2D eigenvalue weighted by Crippen LogP contribution is -2.15. The molecule has 0 atom stereocenters. The van der Waals surface area contributed by atoms with E-state index in [-0.39, 0.29) is 12.3 Å². The van der Waals surface area contributed by atoms with E-state index in [4.69, 9.17) is 0 Å². The first-order chi connectivity index (χ1) is 10.4. The maximum Gasteiger partial charge on any atom is 0.224 e. The SMILES string of the molecule is Cc1cc(C)c(NC(=O)CCc2ccc(F)c(F)c2)c(C)n1. The van der Waals surface area contributed by atoms with Crippen LogP contribution in [0.25, 0.3) is 0 Å². The lowest BCUT2D eigenvalue weighted by atomic mass is 10.1. The number of anilines is 1. The van der Waals surface area contributed by atoms with Crippen molar-refractivity contribution in [1.82, 2.24) is 4.98 Å². The normalized spacial score (nSPS) is 10.6. The van der Waals surface area contributed by atoms with Gasteiger partial charge < -0.3 is 5.32 Å². The fourth-order valence-electron chi connectivity index (χ4n) is 2.37. The van der Waals surface area contributed by atoms with E-state index in [9.17, 15) is 13.6 Å². The van der Waals surface area contributed by atoms with Crippen molar-refractivity contribution >= 4 is 11.6 Å². The molecule has 3 nitrogen and oxygen atoms in total. The van der Waals surface area contributed by atoms with Gasteiger partial charge in [-0.2, -0.15) is 0 Å². The summed E-state index contributed by atoms with van der Waals surface area (Å²) in [5.74, 6) is -1.96. The first kappa shape index (κ1) is 16.1. The predicted molar refractivity (Wildman–Crippen MR) is 81.8 cm³/mol. The quantitative estimate of drug-likeness (QED) is 0.932. The Kier molecular flexibility index (Phi) is 4.85. The minimum Gasteiger partial charge on any atom is -0.324 e. The minimum atomic E-state index is -0.896. The van der Waals surface area contributed by atoms with Crippen LogP contribution in [0.3, 0.4) is 0 Å². The molecule has 0 aliphatic carbocycles. The molecule has 1 heterocycles.